The molecule has 198 valence electrons. The lowest BCUT2D eigenvalue weighted by Crippen LogP contribution is -2.26. The van der Waals surface area contributed by atoms with Gasteiger partial charge in [-0.3, -0.25) is 14.4 Å². The third-order valence-corrected chi connectivity index (χ3v) is 7.28. The minimum Gasteiger partial charge on any atom is -0.490 e. The van der Waals surface area contributed by atoms with Gasteiger partial charge in [0.05, 0.1) is 18.9 Å². The van der Waals surface area contributed by atoms with Crippen molar-refractivity contribution in [3.05, 3.63) is 41.2 Å². The van der Waals surface area contributed by atoms with Crippen LogP contribution in [0.5, 0.6) is 5.75 Å². The van der Waals surface area contributed by atoms with Crippen LogP contribution in [0.3, 0.4) is 0 Å². The van der Waals surface area contributed by atoms with Gasteiger partial charge in [0.15, 0.2) is 23.0 Å². The van der Waals surface area contributed by atoms with Crippen molar-refractivity contribution < 1.29 is 28.8 Å². The Kier molecular flexibility index (Phi) is 9.00. The van der Waals surface area contributed by atoms with Crippen molar-refractivity contribution in [3.8, 4) is 16.9 Å². The third-order valence-electron chi connectivity index (χ3n) is 7.28. The van der Waals surface area contributed by atoms with Crippen molar-refractivity contribution in [2.45, 2.75) is 85.0 Å². The lowest BCUT2D eigenvalue weighted by atomic mass is 9.81. The number of benzene rings is 1. The molecule has 0 saturated carbocycles. The normalized spacial score (nSPS) is 14.0. The van der Waals surface area contributed by atoms with Crippen molar-refractivity contribution in [2.75, 3.05) is 13.7 Å². The van der Waals surface area contributed by atoms with Gasteiger partial charge in [0.1, 0.15) is 17.9 Å². The summed E-state index contributed by atoms with van der Waals surface area (Å²) in [6, 6.07) is 7.59. The quantitative estimate of drug-likeness (QED) is 0.250. The van der Waals surface area contributed by atoms with Crippen LogP contribution in [0.15, 0.2) is 24.3 Å². The molecule has 2 aromatic rings. The Labute approximate surface area is 219 Å². The van der Waals surface area contributed by atoms with Crippen LogP contribution >= 0.6 is 0 Å². The van der Waals surface area contributed by atoms with Gasteiger partial charge < -0.3 is 9.84 Å². The summed E-state index contributed by atoms with van der Waals surface area (Å²) in [6.45, 7) is 10.9. The van der Waals surface area contributed by atoms with E-state index < -0.39 is 5.97 Å². The van der Waals surface area contributed by atoms with E-state index in [0.717, 1.165) is 40.9 Å². The number of fused-ring (bicyclic) bond motifs is 1. The molecule has 0 radical (unpaired) electrons. The van der Waals surface area contributed by atoms with E-state index in [1.54, 1.807) is 19.2 Å². The molecular formula is C30H39N2O5+. The number of Topliss-reactive ketones (excluding diaryl/α,β-unsaturated/α-hetero) is 2. The minimum absolute atomic E-state index is 0.0588. The van der Waals surface area contributed by atoms with Crippen LogP contribution in [0.2, 0.25) is 0 Å². The predicted octanol–water partition coefficient (Wildman–Crippen LogP) is 6.37. The molecule has 0 saturated heterocycles. The minimum atomic E-state index is -0.811. The molecule has 1 aromatic carbocycles. The number of nitrogens with zero attached hydrogens (tertiary/aromatic N) is 2. The summed E-state index contributed by atoms with van der Waals surface area (Å²) in [5, 5.41) is 9.12. The number of pyridine rings is 1. The summed E-state index contributed by atoms with van der Waals surface area (Å²) in [7, 11) is 1.62. The lowest BCUT2D eigenvalue weighted by Gasteiger charge is -2.17. The number of ether oxygens (including phenoxy) is 1. The van der Waals surface area contributed by atoms with Gasteiger partial charge in [-0.1, -0.05) is 20.3 Å². The summed E-state index contributed by atoms with van der Waals surface area (Å²) in [6.07, 6.45) is 3.77. The number of carbonyl (C=O) groups is 3. The van der Waals surface area contributed by atoms with Crippen molar-refractivity contribution in [1.29, 1.82) is 0 Å². The maximum atomic E-state index is 12.9. The highest BCUT2D eigenvalue weighted by Gasteiger charge is 2.45. The highest BCUT2D eigenvalue weighted by atomic mass is 16.5. The second kappa shape index (κ2) is 11.8. The average Bonchev–Trinajstić information content (AvgIpc) is 3.06. The molecule has 3 rings (SSSR count). The Bertz CT molecular complexity index is 1240. The van der Waals surface area contributed by atoms with E-state index in [1.165, 1.54) is 0 Å². The van der Waals surface area contributed by atoms with Crippen LogP contribution in [-0.2, 0) is 10.2 Å². The Hall–Kier alpha value is -3.35. The highest BCUT2D eigenvalue weighted by Crippen LogP contribution is 2.47. The molecule has 2 heterocycles. The first kappa shape index (κ1) is 28.2. The van der Waals surface area contributed by atoms with Crippen molar-refractivity contribution in [3.63, 3.8) is 0 Å². The molecule has 0 aliphatic carbocycles. The van der Waals surface area contributed by atoms with Gasteiger partial charge in [0.25, 0.3) is 5.69 Å². The van der Waals surface area contributed by atoms with Crippen LogP contribution in [0.4, 0.5) is 5.69 Å². The summed E-state index contributed by atoms with van der Waals surface area (Å²) in [5.41, 5.74) is 5.05. The summed E-state index contributed by atoms with van der Waals surface area (Å²) in [4.78, 5) is 41.3. The van der Waals surface area contributed by atoms with Crippen LogP contribution < -0.4 is 4.74 Å². The molecule has 0 fully saturated rings. The maximum absolute atomic E-state index is 12.9. The number of unbranched alkanes of at least 4 members (excludes halogenated alkanes) is 1. The van der Waals surface area contributed by atoms with Gasteiger partial charge in [0, 0.05) is 31.7 Å². The fraction of sp³-hybridized carbons (Fsp3) is 0.500. The smallest absolute Gasteiger partial charge is 0.303 e. The van der Waals surface area contributed by atoms with E-state index in [-0.39, 0.29) is 23.4 Å². The molecule has 0 bridgehead atoms. The molecule has 1 aliphatic rings. The number of hydrogen-bond donors (Lipinski definition) is 1. The Balaban J connectivity index is 2.15. The number of ketones is 2. The van der Waals surface area contributed by atoms with Crippen LogP contribution in [0, 0.1) is 0 Å². The summed E-state index contributed by atoms with van der Waals surface area (Å²) >= 11 is 0. The number of carboxylic acid groups (broad SMARTS) is 1. The molecule has 7 nitrogen and oxygen atoms in total. The van der Waals surface area contributed by atoms with Crippen LogP contribution in [0.1, 0.15) is 106 Å². The van der Waals surface area contributed by atoms with E-state index in [9.17, 15) is 14.4 Å². The summed E-state index contributed by atoms with van der Waals surface area (Å²) in [5.74, 6) is -0.272. The van der Waals surface area contributed by atoms with Gasteiger partial charge in [-0.25, -0.2) is 4.98 Å². The standard InChI is InChI=1S/C30H38N2O5/c1-7-9-12-26(34)24-17-21(16-23(31-24)25(33)11-8-2)20-15-22-29(27(18-20)37-6)32(14-10-13-28(35)36)19(3)30(22,4)5/h15-18H,7-14H2,1-6H3/p+1. The van der Waals surface area contributed by atoms with E-state index >= 15 is 0 Å². The number of hydrogen-bond acceptors (Lipinski definition) is 5. The van der Waals surface area contributed by atoms with Gasteiger partial charge in [-0.15, -0.1) is 0 Å². The number of rotatable bonds is 13. The Morgan fingerprint density at radius 1 is 0.919 bits per heavy atom. The zero-order valence-corrected chi connectivity index (χ0v) is 22.9. The lowest BCUT2D eigenvalue weighted by molar-refractivity contribution is -0.440. The largest absolute Gasteiger partial charge is 0.490 e. The van der Waals surface area contributed by atoms with Crippen molar-refractivity contribution in [2.24, 2.45) is 0 Å². The topological polar surface area (TPSA) is 96.6 Å². The molecular weight excluding hydrogens is 468 g/mol. The number of aliphatic carboxylic acids is 1. The molecule has 0 unspecified atom stereocenters. The Morgan fingerprint density at radius 3 is 2.11 bits per heavy atom. The molecule has 7 heteroatoms. The van der Waals surface area contributed by atoms with Gasteiger partial charge in [-0.2, -0.15) is 4.58 Å². The second-order valence-electron chi connectivity index (χ2n) is 10.3. The molecule has 0 atom stereocenters. The first-order chi connectivity index (χ1) is 17.5. The molecule has 37 heavy (non-hydrogen) atoms. The maximum Gasteiger partial charge on any atom is 0.303 e. The van der Waals surface area contributed by atoms with E-state index in [0.29, 0.717) is 49.4 Å². The molecule has 1 aromatic heterocycles. The first-order valence-electron chi connectivity index (χ1n) is 13.2. The fourth-order valence-corrected chi connectivity index (χ4v) is 4.86. The number of carbonyl (C=O) groups excluding carboxylic acids is 2. The van der Waals surface area contributed by atoms with E-state index in [4.69, 9.17) is 9.84 Å². The number of methoxy groups -OCH3 is 1. The fourth-order valence-electron chi connectivity index (χ4n) is 4.86. The summed E-state index contributed by atoms with van der Waals surface area (Å²) < 4.78 is 8.00. The predicted molar refractivity (Wildman–Crippen MR) is 145 cm³/mol. The van der Waals surface area contributed by atoms with Gasteiger partial charge in [-0.05, 0) is 62.1 Å². The zero-order valence-electron chi connectivity index (χ0n) is 22.9. The third kappa shape index (κ3) is 5.97. The number of carboxylic acids is 1. The second-order valence-corrected chi connectivity index (χ2v) is 10.3. The van der Waals surface area contributed by atoms with E-state index in [1.807, 2.05) is 19.9 Å². The molecule has 1 aliphatic heterocycles. The molecule has 0 spiro atoms. The highest BCUT2D eigenvalue weighted by molar-refractivity contribution is 6.00. The van der Waals surface area contributed by atoms with Crippen molar-refractivity contribution >= 4 is 28.9 Å². The van der Waals surface area contributed by atoms with Crippen LogP contribution in [0.25, 0.3) is 11.1 Å². The zero-order chi connectivity index (χ0) is 27.3. The van der Waals surface area contributed by atoms with Crippen LogP contribution in [-0.4, -0.2) is 51.6 Å². The SMILES string of the molecule is CCCCC(=O)c1cc(-c2cc(OC)c3c(c2)C(C)(C)C(C)=[N+]3CCCC(=O)O)cc(C(=O)CCC)n1. The monoisotopic (exact) mass is 507 g/mol. The Morgan fingerprint density at radius 2 is 1.54 bits per heavy atom. The first-order valence-corrected chi connectivity index (χ1v) is 13.2. The average molecular weight is 508 g/mol. The molecule has 1 N–H and O–H groups in total. The van der Waals surface area contributed by atoms with Gasteiger partial charge in [0.2, 0.25) is 0 Å². The van der Waals surface area contributed by atoms with Gasteiger partial charge >= 0.3 is 5.97 Å². The van der Waals surface area contributed by atoms with Crippen molar-refractivity contribution in [1.82, 2.24) is 4.98 Å². The number of aromatic nitrogens is 1. The molecule has 0 amide bonds. The van der Waals surface area contributed by atoms with E-state index in [2.05, 4.69) is 36.4 Å².